The van der Waals surface area contributed by atoms with Crippen molar-refractivity contribution in [1.82, 2.24) is 19.7 Å². The van der Waals surface area contributed by atoms with E-state index in [9.17, 15) is 0 Å². The SMILES string of the molecule is Cn1nccc1-c1cnc(N)cn1. The number of aryl methyl sites for hydroxylation is 1. The Morgan fingerprint density at radius 2 is 2.15 bits per heavy atom. The van der Waals surface area contributed by atoms with E-state index in [1.165, 1.54) is 6.20 Å². The summed E-state index contributed by atoms with van der Waals surface area (Å²) < 4.78 is 1.74. The van der Waals surface area contributed by atoms with Crippen molar-refractivity contribution in [2.24, 2.45) is 7.05 Å². The van der Waals surface area contributed by atoms with Crippen LogP contribution in [0.1, 0.15) is 0 Å². The van der Waals surface area contributed by atoms with Crippen LogP contribution in [0.15, 0.2) is 24.7 Å². The first kappa shape index (κ1) is 7.72. The molecular weight excluding hydrogens is 166 g/mol. The second kappa shape index (κ2) is 2.85. The first-order valence-electron chi connectivity index (χ1n) is 3.83. The topological polar surface area (TPSA) is 69.6 Å². The van der Waals surface area contributed by atoms with Crippen LogP contribution in [0.25, 0.3) is 11.4 Å². The van der Waals surface area contributed by atoms with Crippen LogP contribution in [0.3, 0.4) is 0 Å². The molecule has 0 aliphatic heterocycles. The first-order valence-corrected chi connectivity index (χ1v) is 3.83. The number of aromatic nitrogens is 4. The lowest BCUT2D eigenvalue weighted by Crippen LogP contribution is -1.97. The molecule has 66 valence electrons. The van der Waals surface area contributed by atoms with Gasteiger partial charge in [-0.3, -0.25) is 4.68 Å². The molecule has 0 radical (unpaired) electrons. The molecule has 2 aromatic heterocycles. The van der Waals surface area contributed by atoms with E-state index in [-0.39, 0.29) is 0 Å². The Bertz CT molecular complexity index is 403. The smallest absolute Gasteiger partial charge is 0.141 e. The number of nitrogens with zero attached hydrogens (tertiary/aromatic N) is 4. The number of hydrogen-bond acceptors (Lipinski definition) is 4. The second-order valence-electron chi connectivity index (χ2n) is 2.67. The van der Waals surface area contributed by atoms with Gasteiger partial charge in [0.25, 0.3) is 0 Å². The molecule has 0 saturated heterocycles. The lowest BCUT2D eigenvalue weighted by atomic mass is 10.3. The molecule has 13 heavy (non-hydrogen) atoms. The molecule has 0 aliphatic carbocycles. The van der Waals surface area contributed by atoms with Gasteiger partial charge < -0.3 is 5.73 Å². The molecular formula is C8H9N5. The number of nitrogens with two attached hydrogens (primary N) is 1. The summed E-state index contributed by atoms with van der Waals surface area (Å²) in [4.78, 5) is 8.08. The quantitative estimate of drug-likeness (QED) is 0.683. The van der Waals surface area contributed by atoms with Gasteiger partial charge in [-0.05, 0) is 6.07 Å². The predicted molar refractivity (Wildman–Crippen MR) is 48.6 cm³/mol. The third kappa shape index (κ3) is 1.35. The van der Waals surface area contributed by atoms with Gasteiger partial charge in [0.2, 0.25) is 0 Å². The molecule has 0 aromatic carbocycles. The van der Waals surface area contributed by atoms with Gasteiger partial charge in [0, 0.05) is 13.2 Å². The van der Waals surface area contributed by atoms with Crippen LogP contribution in [-0.4, -0.2) is 19.7 Å². The van der Waals surface area contributed by atoms with Gasteiger partial charge in [0.05, 0.1) is 18.1 Å². The molecule has 0 unspecified atom stereocenters. The van der Waals surface area contributed by atoms with E-state index in [4.69, 9.17) is 5.73 Å². The Balaban J connectivity index is 2.47. The molecule has 0 aliphatic rings. The molecule has 0 fully saturated rings. The van der Waals surface area contributed by atoms with Crippen molar-refractivity contribution >= 4 is 5.82 Å². The summed E-state index contributed by atoms with van der Waals surface area (Å²) in [6.45, 7) is 0. The summed E-state index contributed by atoms with van der Waals surface area (Å²) in [5.41, 5.74) is 7.12. The highest BCUT2D eigenvalue weighted by atomic mass is 15.3. The van der Waals surface area contributed by atoms with Crippen LogP contribution in [0.5, 0.6) is 0 Å². The maximum atomic E-state index is 5.42. The summed E-state index contributed by atoms with van der Waals surface area (Å²) in [7, 11) is 1.85. The van der Waals surface area contributed by atoms with Crippen molar-refractivity contribution in [3.05, 3.63) is 24.7 Å². The lowest BCUT2D eigenvalue weighted by Gasteiger charge is -1.99. The third-order valence-corrected chi connectivity index (χ3v) is 1.76. The van der Waals surface area contributed by atoms with Crippen LogP contribution in [0.2, 0.25) is 0 Å². The molecule has 5 heteroatoms. The van der Waals surface area contributed by atoms with Crippen LogP contribution in [0.4, 0.5) is 5.82 Å². The zero-order valence-electron chi connectivity index (χ0n) is 7.18. The molecule has 0 spiro atoms. The Morgan fingerprint density at radius 3 is 2.69 bits per heavy atom. The van der Waals surface area contributed by atoms with E-state index in [1.807, 2.05) is 13.1 Å². The fourth-order valence-electron chi connectivity index (χ4n) is 1.10. The maximum Gasteiger partial charge on any atom is 0.141 e. The first-order chi connectivity index (χ1) is 6.27. The molecule has 2 rings (SSSR count). The van der Waals surface area contributed by atoms with E-state index in [0.29, 0.717) is 5.82 Å². The highest BCUT2D eigenvalue weighted by Crippen LogP contribution is 2.13. The zero-order chi connectivity index (χ0) is 9.26. The molecule has 2 N–H and O–H groups in total. The van der Waals surface area contributed by atoms with E-state index in [0.717, 1.165) is 11.4 Å². The van der Waals surface area contributed by atoms with Crippen molar-refractivity contribution in [2.45, 2.75) is 0 Å². The Labute approximate surface area is 75.2 Å². The maximum absolute atomic E-state index is 5.42. The highest BCUT2D eigenvalue weighted by Gasteiger charge is 2.02. The molecule has 0 amide bonds. The van der Waals surface area contributed by atoms with Crippen molar-refractivity contribution < 1.29 is 0 Å². The van der Waals surface area contributed by atoms with Crippen molar-refractivity contribution in [2.75, 3.05) is 5.73 Å². The summed E-state index contributed by atoms with van der Waals surface area (Å²) in [6.07, 6.45) is 4.88. The number of hydrogen-bond donors (Lipinski definition) is 1. The van der Waals surface area contributed by atoms with Crippen LogP contribution >= 0.6 is 0 Å². The van der Waals surface area contributed by atoms with Gasteiger partial charge in [0.15, 0.2) is 0 Å². The lowest BCUT2D eigenvalue weighted by molar-refractivity contribution is 0.773. The molecule has 0 atom stereocenters. The summed E-state index contributed by atoms with van der Waals surface area (Å²) in [5, 5.41) is 4.03. The Morgan fingerprint density at radius 1 is 1.31 bits per heavy atom. The van der Waals surface area contributed by atoms with Gasteiger partial charge in [-0.2, -0.15) is 5.10 Å². The number of rotatable bonds is 1. The van der Waals surface area contributed by atoms with Crippen LogP contribution in [0, 0.1) is 0 Å². The Kier molecular flexibility index (Phi) is 1.70. The molecule has 5 nitrogen and oxygen atoms in total. The highest BCUT2D eigenvalue weighted by molar-refractivity contribution is 5.53. The summed E-state index contributed by atoms with van der Waals surface area (Å²) in [5.74, 6) is 0.422. The summed E-state index contributed by atoms with van der Waals surface area (Å²) >= 11 is 0. The zero-order valence-corrected chi connectivity index (χ0v) is 7.18. The van der Waals surface area contributed by atoms with E-state index in [2.05, 4.69) is 15.1 Å². The van der Waals surface area contributed by atoms with Gasteiger partial charge in [-0.15, -0.1) is 0 Å². The minimum absolute atomic E-state index is 0.422. The summed E-state index contributed by atoms with van der Waals surface area (Å²) in [6, 6.07) is 1.88. The average molecular weight is 175 g/mol. The third-order valence-electron chi connectivity index (χ3n) is 1.76. The standard InChI is InChI=1S/C8H9N5/c1-13-7(2-3-12-13)6-4-11-8(9)5-10-6/h2-5H,1H3,(H2,9,11). The number of nitrogen functional groups attached to an aromatic ring is 1. The number of anilines is 1. The van der Waals surface area contributed by atoms with Gasteiger partial charge in [-0.25, -0.2) is 9.97 Å². The van der Waals surface area contributed by atoms with Gasteiger partial charge in [0.1, 0.15) is 11.5 Å². The predicted octanol–water partition coefficient (Wildman–Crippen LogP) is 0.459. The van der Waals surface area contributed by atoms with E-state index < -0.39 is 0 Å². The van der Waals surface area contributed by atoms with Crippen LogP contribution < -0.4 is 5.73 Å². The molecule has 2 heterocycles. The van der Waals surface area contributed by atoms with Crippen molar-refractivity contribution in [1.29, 1.82) is 0 Å². The molecule has 0 bridgehead atoms. The van der Waals surface area contributed by atoms with Crippen molar-refractivity contribution in [3.63, 3.8) is 0 Å². The Hall–Kier alpha value is -1.91. The normalized spacial score (nSPS) is 10.2. The monoisotopic (exact) mass is 175 g/mol. The fourth-order valence-corrected chi connectivity index (χ4v) is 1.10. The van der Waals surface area contributed by atoms with E-state index in [1.54, 1.807) is 17.1 Å². The van der Waals surface area contributed by atoms with Crippen LogP contribution in [-0.2, 0) is 7.05 Å². The van der Waals surface area contributed by atoms with Gasteiger partial charge >= 0.3 is 0 Å². The minimum Gasteiger partial charge on any atom is -0.382 e. The molecule has 2 aromatic rings. The van der Waals surface area contributed by atoms with E-state index >= 15 is 0 Å². The van der Waals surface area contributed by atoms with Crippen molar-refractivity contribution in [3.8, 4) is 11.4 Å². The van der Waals surface area contributed by atoms with Gasteiger partial charge in [-0.1, -0.05) is 0 Å². The molecule has 0 saturated carbocycles. The second-order valence-corrected chi connectivity index (χ2v) is 2.67. The minimum atomic E-state index is 0.422. The fraction of sp³-hybridized carbons (Fsp3) is 0.125. The largest absolute Gasteiger partial charge is 0.382 e. The average Bonchev–Trinajstić information content (AvgIpc) is 2.53.